The lowest BCUT2D eigenvalue weighted by Gasteiger charge is -2.12. The van der Waals surface area contributed by atoms with Crippen LogP contribution >= 0.6 is 12.2 Å². The summed E-state index contributed by atoms with van der Waals surface area (Å²) < 4.78 is 10.7. The number of thiocarbonyl (C=S) groups is 1. The van der Waals surface area contributed by atoms with Gasteiger partial charge in [-0.2, -0.15) is 0 Å². The molecule has 2 N–H and O–H groups in total. The van der Waals surface area contributed by atoms with E-state index in [1.165, 1.54) is 12.1 Å². The summed E-state index contributed by atoms with van der Waals surface area (Å²) in [7, 11) is 0. The molecule has 0 saturated carbocycles. The van der Waals surface area contributed by atoms with Gasteiger partial charge in [0.2, 0.25) is 0 Å². The number of nitro benzene ring substituents is 1. The van der Waals surface area contributed by atoms with Crippen LogP contribution in [0.15, 0.2) is 42.5 Å². The summed E-state index contributed by atoms with van der Waals surface area (Å²) in [5, 5.41) is 16.3. The lowest BCUT2D eigenvalue weighted by atomic mass is 10.2. The number of benzene rings is 2. The fourth-order valence-electron chi connectivity index (χ4n) is 2.25. The Labute approximate surface area is 168 Å². The van der Waals surface area contributed by atoms with E-state index in [4.69, 9.17) is 21.7 Å². The lowest BCUT2D eigenvalue weighted by Crippen LogP contribution is -2.34. The molecular weight excluding hydrogens is 382 g/mol. The first-order valence-corrected chi connectivity index (χ1v) is 8.99. The van der Waals surface area contributed by atoms with E-state index in [0.717, 1.165) is 5.56 Å². The van der Waals surface area contributed by atoms with Crippen LogP contribution in [0.1, 0.15) is 22.8 Å². The van der Waals surface area contributed by atoms with Crippen LogP contribution in [-0.2, 0) is 4.74 Å². The van der Waals surface area contributed by atoms with Gasteiger partial charge in [0.25, 0.3) is 11.6 Å². The Morgan fingerprint density at radius 1 is 1.18 bits per heavy atom. The van der Waals surface area contributed by atoms with Crippen LogP contribution < -0.4 is 15.4 Å². The summed E-state index contributed by atoms with van der Waals surface area (Å²) in [5.41, 5.74) is 1.55. The SMILES string of the molecule is CCOCCOc1ccc(C(=O)NC(=S)Nc2cc([N+](=O)[O-])ccc2C)cc1. The van der Waals surface area contributed by atoms with Gasteiger partial charge in [0.1, 0.15) is 12.4 Å². The molecule has 148 valence electrons. The standard InChI is InChI=1S/C19H21N3O5S/c1-3-26-10-11-27-16-8-5-14(6-9-16)18(23)21-19(28)20-17-12-15(22(24)25)7-4-13(17)2/h4-9,12H,3,10-11H2,1-2H3,(H2,20,21,23,28). The highest BCUT2D eigenvalue weighted by atomic mass is 32.1. The van der Waals surface area contributed by atoms with Gasteiger partial charge in [0.05, 0.1) is 11.5 Å². The number of nitrogens with zero attached hydrogens (tertiary/aromatic N) is 1. The number of hydrogen-bond donors (Lipinski definition) is 2. The van der Waals surface area contributed by atoms with E-state index < -0.39 is 10.8 Å². The van der Waals surface area contributed by atoms with Crippen LogP contribution in [0.4, 0.5) is 11.4 Å². The summed E-state index contributed by atoms with van der Waals surface area (Å²) in [4.78, 5) is 22.7. The van der Waals surface area contributed by atoms with Gasteiger partial charge >= 0.3 is 0 Å². The monoisotopic (exact) mass is 403 g/mol. The minimum Gasteiger partial charge on any atom is -0.491 e. The molecule has 2 aromatic rings. The number of carbonyl (C=O) groups is 1. The maximum Gasteiger partial charge on any atom is 0.271 e. The fourth-order valence-corrected chi connectivity index (χ4v) is 2.46. The third kappa shape index (κ3) is 6.29. The van der Waals surface area contributed by atoms with Gasteiger partial charge in [-0.1, -0.05) is 6.07 Å². The molecule has 2 rings (SSSR count). The Balaban J connectivity index is 1.92. The summed E-state index contributed by atoms with van der Waals surface area (Å²) >= 11 is 5.14. The molecule has 0 heterocycles. The third-order valence-electron chi connectivity index (χ3n) is 3.72. The van der Waals surface area contributed by atoms with Gasteiger partial charge in [-0.25, -0.2) is 0 Å². The molecule has 0 atom stereocenters. The normalized spacial score (nSPS) is 10.2. The predicted octanol–water partition coefficient (Wildman–Crippen LogP) is 3.45. The van der Waals surface area contributed by atoms with E-state index in [-0.39, 0.29) is 10.8 Å². The number of aryl methyl sites for hydroxylation is 1. The number of carbonyl (C=O) groups excluding carboxylic acids is 1. The average Bonchev–Trinajstić information content (AvgIpc) is 2.67. The molecular formula is C19H21N3O5S. The van der Waals surface area contributed by atoms with Crippen LogP contribution in [0.3, 0.4) is 0 Å². The highest BCUT2D eigenvalue weighted by molar-refractivity contribution is 7.80. The Morgan fingerprint density at radius 2 is 1.89 bits per heavy atom. The number of amides is 1. The molecule has 0 radical (unpaired) electrons. The van der Waals surface area contributed by atoms with Crippen LogP contribution in [0.5, 0.6) is 5.75 Å². The zero-order chi connectivity index (χ0) is 20.5. The molecule has 0 aliphatic rings. The average molecular weight is 403 g/mol. The van der Waals surface area contributed by atoms with Crippen molar-refractivity contribution >= 4 is 34.6 Å². The van der Waals surface area contributed by atoms with Crippen molar-refractivity contribution < 1.29 is 19.2 Å². The molecule has 0 saturated heterocycles. The number of ether oxygens (including phenoxy) is 2. The van der Waals surface area contributed by atoms with Gasteiger partial charge in [0, 0.05) is 30.0 Å². The molecule has 9 heteroatoms. The molecule has 8 nitrogen and oxygen atoms in total. The van der Waals surface area contributed by atoms with Gasteiger partial charge in [-0.3, -0.25) is 20.2 Å². The Kier molecular flexibility index (Phi) is 7.85. The molecule has 28 heavy (non-hydrogen) atoms. The minimum absolute atomic E-state index is 0.0469. The minimum atomic E-state index is -0.496. The topological polar surface area (TPSA) is 103 Å². The Hall–Kier alpha value is -3.04. The fraction of sp³-hybridized carbons (Fsp3) is 0.263. The molecule has 0 aromatic heterocycles. The summed E-state index contributed by atoms with van der Waals surface area (Å²) in [6, 6.07) is 11.0. The van der Waals surface area contributed by atoms with E-state index in [1.54, 1.807) is 37.3 Å². The highest BCUT2D eigenvalue weighted by Gasteiger charge is 2.12. The van der Waals surface area contributed by atoms with Crippen molar-refractivity contribution in [3.8, 4) is 5.75 Å². The molecule has 0 bridgehead atoms. The van der Waals surface area contributed by atoms with E-state index in [2.05, 4.69) is 10.6 Å². The number of non-ortho nitro benzene ring substituents is 1. The summed E-state index contributed by atoms with van der Waals surface area (Å²) in [5.74, 6) is 0.227. The van der Waals surface area contributed by atoms with Crippen LogP contribution in [0.2, 0.25) is 0 Å². The number of anilines is 1. The molecule has 2 aromatic carbocycles. The maximum atomic E-state index is 12.3. The van der Waals surface area contributed by atoms with Gasteiger partial charge in [-0.05, 0) is 55.9 Å². The first-order chi connectivity index (χ1) is 13.4. The second kappa shape index (κ2) is 10.3. The van der Waals surface area contributed by atoms with Crippen molar-refractivity contribution in [1.29, 1.82) is 0 Å². The van der Waals surface area contributed by atoms with Gasteiger partial charge < -0.3 is 14.8 Å². The van der Waals surface area contributed by atoms with Crippen molar-refractivity contribution in [3.63, 3.8) is 0 Å². The lowest BCUT2D eigenvalue weighted by molar-refractivity contribution is -0.384. The summed E-state index contributed by atoms with van der Waals surface area (Å²) in [6.07, 6.45) is 0. The first-order valence-electron chi connectivity index (χ1n) is 8.58. The second-order valence-electron chi connectivity index (χ2n) is 5.73. The Morgan fingerprint density at radius 3 is 2.54 bits per heavy atom. The van der Waals surface area contributed by atoms with Crippen LogP contribution in [0, 0.1) is 17.0 Å². The molecule has 1 amide bonds. The number of hydrogen-bond acceptors (Lipinski definition) is 6. The van der Waals surface area contributed by atoms with Crippen molar-refractivity contribution in [1.82, 2.24) is 5.32 Å². The van der Waals surface area contributed by atoms with Crippen LogP contribution in [0.25, 0.3) is 0 Å². The van der Waals surface area contributed by atoms with Crippen molar-refractivity contribution in [2.75, 3.05) is 25.1 Å². The van der Waals surface area contributed by atoms with Crippen molar-refractivity contribution in [3.05, 3.63) is 63.7 Å². The quantitative estimate of drug-likeness (QED) is 0.301. The summed E-state index contributed by atoms with van der Waals surface area (Å²) in [6.45, 7) is 5.24. The number of nitro groups is 1. The predicted molar refractivity (Wildman–Crippen MR) is 110 cm³/mol. The van der Waals surface area contributed by atoms with E-state index in [9.17, 15) is 14.9 Å². The Bertz CT molecular complexity index is 855. The maximum absolute atomic E-state index is 12.3. The molecule has 0 aliphatic carbocycles. The molecule has 0 spiro atoms. The van der Waals surface area contributed by atoms with Crippen molar-refractivity contribution in [2.24, 2.45) is 0 Å². The van der Waals surface area contributed by atoms with Gasteiger partial charge in [0.15, 0.2) is 5.11 Å². The number of nitrogens with one attached hydrogen (secondary N) is 2. The smallest absolute Gasteiger partial charge is 0.271 e. The first kappa shape index (κ1) is 21.3. The largest absolute Gasteiger partial charge is 0.491 e. The third-order valence-corrected chi connectivity index (χ3v) is 3.93. The van der Waals surface area contributed by atoms with E-state index >= 15 is 0 Å². The highest BCUT2D eigenvalue weighted by Crippen LogP contribution is 2.21. The van der Waals surface area contributed by atoms with Crippen LogP contribution in [-0.4, -0.2) is 35.8 Å². The zero-order valence-corrected chi connectivity index (χ0v) is 16.4. The molecule has 0 fully saturated rings. The number of rotatable bonds is 8. The molecule has 0 unspecified atom stereocenters. The second-order valence-corrected chi connectivity index (χ2v) is 6.14. The van der Waals surface area contributed by atoms with Crippen molar-refractivity contribution in [2.45, 2.75) is 13.8 Å². The van der Waals surface area contributed by atoms with E-state index in [1.807, 2.05) is 6.92 Å². The molecule has 0 aliphatic heterocycles. The van der Waals surface area contributed by atoms with Gasteiger partial charge in [-0.15, -0.1) is 0 Å². The zero-order valence-electron chi connectivity index (χ0n) is 15.6. The van der Waals surface area contributed by atoms with E-state index in [0.29, 0.717) is 36.8 Å².